The number of fused-ring (bicyclic) bond motifs is 1. The average molecular weight is 278 g/mol. The van der Waals surface area contributed by atoms with E-state index in [2.05, 4.69) is 10.6 Å². The van der Waals surface area contributed by atoms with E-state index in [0.717, 1.165) is 36.4 Å². The monoisotopic (exact) mass is 278 g/mol. The molecule has 5 nitrogen and oxygen atoms in total. The molecule has 0 aromatic heterocycles. The Labute approximate surface area is 119 Å². The average Bonchev–Trinajstić information content (AvgIpc) is 2.36. The first-order valence-electron chi connectivity index (χ1n) is 6.84. The maximum absolute atomic E-state index is 11.9. The lowest BCUT2D eigenvalue weighted by molar-refractivity contribution is 0.0636. The number of carbonyl (C=O) groups is 1. The summed E-state index contributed by atoms with van der Waals surface area (Å²) >= 11 is 0. The van der Waals surface area contributed by atoms with Crippen molar-refractivity contribution in [2.24, 2.45) is 0 Å². The first-order valence-corrected chi connectivity index (χ1v) is 6.84. The van der Waals surface area contributed by atoms with Crippen LogP contribution in [0.25, 0.3) is 0 Å². The van der Waals surface area contributed by atoms with Crippen LogP contribution in [0.4, 0.5) is 16.2 Å². The summed E-state index contributed by atoms with van der Waals surface area (Å²) in [5.74, 6) is 0.735. The Kier molecular flexibility index (Phi) is 4.06. The van der Waals surface area contributed by atoms with E-state index in [0.29, 0.717) is 5.69 Å². The standard InChI is InChI=1S/C15H22N2O3/c1-15(2,3)20-14(18)17-12-9-11(19-4)8-10-6-5-7-16-13(10)12/h8-9,16H,5-7H2,1-4H3,(H,17,18). The number of nitrogens with one attached hydrogen (secondary N) is 2. The number of rotatable bonds is 2. The van der Waals surface area contributed by atoms with E-state index >= 15 is 0 Å². The lowest BCUT2D eigenvalue weighted by Gasteiger charge is -2.24. The highest BCUT2D eigenvalue weighted by molar-refractivity contribution is 5.91. The first kappa shape index (κ1) is 14.5. The second-order valence-corrected chi connectivity index (χ2v) is 5.87. The summed E-state index contributed by atoms with van der Waals surface area (Å²) in [7, 11) is 1.62. The number of hydrogen-bond donors (Lipinski definition) is 2. The molecule has 0 unspecified atom stereocenters. The smallest absolute Gasteiger partial charge is 0.412 e. The van der Waals surface area contributed by atoms with Crippen molar-refractivity contribution in [1.82, 2.24) is 0 Å². The fraction of sp³-hybridized carbons (Fsp3) is 0.533. The molecule has 0 saturated heterocycles. The van der Waals surface area contributed by atoms with Crippen LogP contribution in [-0.4, -0.2) is 25.3 Å². The van der Waals surface area contributed by atoms with Crippen molar-refractivity contribution < 1.29 is 14.3 Å². The van der Waals surface area contributed by atoms with Crippen LogP contribution >= 0.6 is 0 Å². The maximum Gasteiger partial charge on any atom is 0.412 e. The molecule has 0 spiro atoms. The van der Waals surface area contributed by atoms with Crippen LogP contribution in [0.1, 0.15) is 32.8 Å². The van der Waals surface area contributed by atoms with Crippen LogP contribution in [0, 0.1) is 0 Å². The molecule has 1 aromatic rings. The van der Waals surface area contributed by atoms with Crippen LogP contribution in [0.2, 0.25) is 0 Å². The zero-order chi connectivity index (χ0) is 14.8. The lowest BCUT2D eigenvalue weighted by atomic mass is 10.0. The fourth-order valence-corrected chi connectivity index (χ4v) is 2.20. The van der Waals surface area contributed by atoms with Crippen LogP contribution in [-0.2, 0) is 11.2 Å². The number of amides is 1. The van der Waals surface area contributed by atoms with Crippen molar-refractivity contribution >= 4 is 17.5 Å². The molecule has 5 heteroatoms. The Morgan fingerprint density at radius 1 is 1.35 bits per heavy atom. The van der Waals surface area contributed by atoms with Crippen LogP contribution in [0.3, 0.4) is 0 Å². The Morgan fingerprint density at radius 3 is 2.75 bits per heavy atom. The third-order valence-corrected chi connectivity index (χ3v) is 2.99. The molecule has 2 N–H and O–H groups in total. The molecule has 1 heterocycles. The van der Waals surface area contributed by atoms with Gasteiger partial charge in [-0.25, -0.2) is 4.79 Å². The molecule has 0 radical (unpaired) electrons. The minimum absolute atomic E-state index is 0.458. The highest BCUT2D eigenvalue weighted by atomic mass is 16.6. The molecule has 2 rings (SSSR count). The quantitative estimate of drug-likeness (QED) is 0.870. The molecule has 0 saturated carbocycles. The van der Waals surface area contributed by atoms with E-state index in [1.165, 1.54) is 0 Å². The molecule has 1 amide bonds. The number of methoxy groups -OCH3 is 1. The van der Waals surface area contributed by atoms with Gasteiger partial charge in [0.05, 0.1) is 18.5 Å². The normalized spacial score (nSPS) is 14.0. The third-order valence-electron chi connectivity index (χ3n) is 2.99. The predicted molar refractivity (Wildman–Crippen MR) is 79.7 cm³/mol. The summed E-state index contributed by atoms with van der Waals surface area (Å²) in [5, 5.41) is 6.12. The maximum atomic E-state index is 11.9. The number of anilines is 2. The molecule has 0 atom stereocenters. The SMILES string of the molecule is COc1cc2c(c(NC(=O)OC(C)(C)C)c1)NCCC2. The third kappa shape index (κ3) is 3.56. The number of hydrogen-bond acceptors (Lipinski definition) is 4. The van der Waals surface area contributed by atoms with Gasteiger partial charge in [-0.2, -0.15) is 0 Å². The van der Waals surface area contributed by atoms with Gasteiger partial charge in [0.15, 0.2) is 0 Å². The van der Waals surface area contributed by atoms with E-state index in [1.54, 1.807) is 13.2 Å². The summed E-state index contributed by atoms with van der Waals surface area (Å²) in [4.78, 5) is 11.9. The summed E-state index contributed by atoms with van der Waals surface area (Å²) in [6.07, 6.45) is 1.59. The molecular formula is C15H22N2O3. The van der Waals surface area contributed by atoms with Crippen LogP contribution < -0.4 is 15.4 Å². The summed E-state index contributed by atoms with van der Waals surface area (Å²) in [6, 6.07) is 3.81. The van der Waals surface area contributed by atoms with Crippen molar-refractivity contribution in [2.45, 2.75) is 39.2 Å². The number of aryl methyl sites for hydroxylation is 1. The molecule has 1 aliphatic rings. The summed E-state index contributed by atoms with van der Waals surface area (Å²) < 4.78 is 10.6. The predicted octanol–water partition coefficient (Wildman–Crippen LogP) is 3.40. The van der Waals surface area contributed by atoms with Crippen molar-refractivity contribution in [1.29, 1.82) is 0 Å². The largest absolute Gasteiger partial charge is 0.497 e. The molecule has 0 fully saturated rings. The van der Waals surface area contributed by atoms with Gasteiger partial charge in [0.2, 0.25) is 0 Å². The van der Waals surface area contributed by atoms with E-state index in [-0.39, 0.29) is 0 Å². The topological polar surface area (TPSA) is 59.6 Å². The van der Waals surface area contributed by atoms with Gasteiger partial charge in [-0.15, -0.1) is 0 Å². The van der Waals surface area contributed by atoms with Crippen molar-refractivity contribution in [3.63, 3.8) is 0 Å². The van der Waals surface area contributed by atoms with Gasteiger partial charge in [0, 0.05) is 12.6 Å². The lowest BCUT2D eigenvalue weighted by Crippen LogP contribution is -2.28. The zero-order valence-electron chi connectivity index (χ0n) is 12.5. The zero-order valence-corrected chi connectivity index (χ0v) is 12.5. The second-order valence-electron chi connectivity index (χ2n) is 5.87. The van der Waals surface area contributed by atoms with E-state index in [9.17, 15) is 4.79 Å². The molecule has 110 valence electrons. The minimum atomic E-state index is -0.517. The van der Waals surface area contributed by atoms with Crippen LogP contribution in [0.5, 0.6) is 5.75 Å². The number of benzene rings is 1. The molecular weight excluding hydrogens is 256 g/mol. The molecule has 20 heavy (non-hydrogen) atoms. The van der Waals surface area contributed by atoms with Crippen LogP contribution in [0.15, 0.2) is 12.1 Å². The van der Waals surface area contributed by atoms with Gasteiger partial charge in [-0.3, -0.25) is 5.32 Å². The summed E-state index contributed by atoms with van der Waals surface area (Å²) in [6.45, 7) is 6.42. The Hall–Kier alpha value is -1.91. The first-order chi connectivity index (χ1) is 9.39. The van der Waals surface area contributed by atoms with Gasteiger partial charge in [0.1, 0.15) is 11.4 Å². The van der Waals surface area contributed by atoms with Crippen molar-refractivity contribution in [3.8, 4) is 5.75 Å². The minimum Gasteiger partial charge on any atom is -0.497 e. The highest BCUT2D eigenvalue weighted by Gasteiger charge is 2.20. The Morgan fingerprint density at radius 2 is 2.10 bits per heavy atom. The highest BCUT2D eigenvalue weighted by Crippen LogP contribution is 2.34. The van der Waals surface area contributed by atoms with E-state index in [1.807, 2.05) is 26.8 Å². The van der Waals surface area contributed by atoms with Crippen molar-refractivity contribution in [3.05, 3.63) is 17.7 Å². The summed E-state index contributed by atoms with van der Waals surface area (Å²) in [5.41, 5.74) is 2.30. The van der Waals surface area contributed by atoms with Gasteiger partial charge in [-0.1, -0.05) is 0 Å². The van der Waals surface area contributed by atoms with Gasteiger partial charge in [-0.05, 0) is 45.2 Å². The number of ether oxygens (including phenoxy) is 2. The van der Waals surface area contributed by atoms with Crippen molar-refractivity contribution in [2.75, 3.05) is 24.3 Å². The Bertz CT molecular complexity index is 507. The molecule has 1 aliphatic heterocycles. The molecule has 0 aliphatic carbocycles. The molecule has 1 aromatic carbocycles. The van der Waals surface area contributed by atoms with Gasteiger partial charge in [0.25, 0.3) is 0 Å². The molecule has 0 bridgehead atoms. The fourth-order valence-electron chi connectivity index (χ4n) is 2.20. The van der Waals surface area contributed by atoms with E-state index in [4.69, 9.17) is 9.47 Å². The van der Waals surface area contributed by atoms with E-state index < -0.39 is 11.7 Å². The Balaban J connectivity index is 2.24. The number of carbonyl (C=O) groups excluding carboxylic acids is 1. The van der Waals surface area contributed by atoms with Gasteiger partial charge >= 0.3 is 6.09 Å². The second kappa shape index (κ2) is 5.61. The van der Waals surface area contributed by atoms with Gasteiger partial charge < -0.3 is 14.8 Å².